The van der Waals surface area contributed by atoms with Crippen LogP contribution in [0.15, 0.2) is 114 Å². The molecule has 31 heavy (non-hydrogen) atoms. The minimum atomic E-state index is 1.02. The van der Waals surface area contributed by atoms with Crippen molar-refractivity contribution in [2.45, 2.75) is 0 Å². The Balaban J connectivity index is 1.87. The predicted octanol–water partition coefficient (Wildman–Crippen LogP) is 8.64. The van der Waals surface area contributed by atoms with Crippen LogP contribution in [0.3, 0.4) is 0 Å². The quantitative estimate of drug-likeness (QED) is 0.236. The van der Waals surface area contributed by atoms with Crippen LogP contribution in [-0.2, 0) is 0 Å². The summed E-state index contributed by atoms with van der Waals surface area (Å²) in [5.41, 5.74) is 6.87. The van der Waals surface area contributed by atoms with Gasteiger partial charge in [-0.25, -0.2) is 4.98 Å². The van der Waals surface area contributed by atoms with Crippen LogP contribution in [0.1, 0.15) is 0 Å². The summed E-state index contributed by atoms with van der Waals surface area (Å²) >= 11 is 3.58. The van der Waals surface area contributed by atoms with E-state index in [2.05, 4.69) is 125 Å². The first-order valence-corrected chi connectivity index (χ1v) is 11.1. The highest BCUT2D eigenvalue weighted by Crippen LogP contribution is 2.43. The van der Waals surface area contributed by atoms with Gasteiger partial charge >= 0.3 is 0 Å². The lowest BCUT2D eigenvalue weighted by molar-refractivity contribution is 1.50. The van der Waals surface area contributed by atoms with Crippen LogP contribution < -0.4 is 0 Å². The van der Waals surface area contributed by atoms with Crippen LogP contribution in [0.4, 0.5) is 0 Å². The van der Waals surface area contributed by atoms with E-state index in [1.807, 2.05) is 0 Å². The molecule has 0 aliphatic carbocycles. The number of halogens is 1. The van der Waals surface area contributed by atoms with Crippen LogP contribution in [0.5, 0.6) is 0 Å². The first-order valence-electron chi connectivity index (χ1n) is 10.4. The van der Waals surface area contributed by atoms with Crippen molar-refractivity contribution in [2.75, 3.05) is 0 Å². The summed E-state index contributed by atoms with van der Waals surface area (Å²) < 4.78 is 1.08. The van der Waals surface area contributed by atoms with Crippen molar-refractivity contribution in [3.05, 3.63) is 114 Å². The van der Waals surface area contributed by atoms with Crippen molar-refractivity contribution in [1.82, 2.24) is 4.98 Å². The molecule has 0 N–H and O–H groups in total. The number of nitrogens with zero attached hydrogens (tertiary/aromatic N) is 1. The molecule has 0 radical (unpaired) electrons. The molecule has 0 saturated heterocycles. The summed E-state index contributed by atoms with van der Waals surface area (Å²) in [7, 11) is 0. The van der Waals surface area contributed by atoms with Crippen molar-refractivity contribution < 1.29 is 0 Å². The number of pyridine rings is 1. The zero-order chi connectivity index (χ0) is 20.8. The molecule has 1 aromatic heterocycles. The second-order valence-corrected chi connectivity index (χ2v) is 8.66. The first-order chi connectivity index (χ1) is 15.3. The molecule has 0 spiro atoms. The Morgan fingerprint density at radius 2 is 1.13 bits per heavy atom. The standard InChI is InChI=1S/C29H18BrN/c30-22-16-14-20(15-17-22)27-23-11-5-6-12-24(23)28(19-8-2-1-3-9-19)29-25(27)18-21-10-4-7-13-26(21)31-29/h1-18H. The van der Waals surface area contributed by atoms with Gasteiger partial charge in [-0.2, -0.15) is 0 Å². The number of rotatable bonds is 2. The molecule has 0 unspecified atom stereocenters. The summed E-state index contributed by atoms with van der Waals surface area (Å²) in [5.74, 6) is 0. The summed E-state index contributed by atoms with van der Waals surface area (Å²) in [6, 6.07) is 38.6. The number of para-hydroxylation sites is 1. The number of hydrogen-bond acceptors (Lipinski definition) is 1. The van der Waals surface area contributed by atoms with Crippen molar-refractivity contribution in [1.29, 1.82) is 0 Å². The molecule has 0 fully saturated rings. The third kappa shape index (κ3) is 3.03. The second kappa shape index (κ2) is 7.33. The van der Waals surface area contributed by atoms with Gasteiger partial charge in [-0.05, 0) is 51.7 Å². The highest BCUT2D eigenvalue weighted by molar-refractivity contribution is 9.10. The minimum Gasteiger partial charge on any atom is -0.247 e. The molecule has 1 nitrogen and oxygen atoms in total. The summed E-state index contributed by atoms with van der Waals surface area (Å²) in [6.45, 7) is 0. The number of fused-ring (bicyclic) bond motifs is 3. The maximum atomic E-state index is 5.20. The van der Waals surface area contributed by atoms with Crippen LogP contribution in [0.25, 0.3) is 54.8 Å². The monoisotopic (exact) mass is 459 g/mol. The van der Waals surface area contributed by atoms with E-state index < -0.39 is 0 Å². The third-order valence-corrected chi connectivity index (χ3v) is 6.42. The minimum absolute atomic E-state index is 1.02. The average molecular weight is 460 g/mol. The van der Waals surface area contributed by atoms with Crippen LogP contribution >= 0.6 is 15.9 Å². The van der Waals surface area contributed by atoms with E-state index in [0.717, 1.165) is 20.9 Å². The normalized spacial score (nSPS) is 11.4. The van der Waals surface area contributed by atoms with Crippen molar-refractivity contribution in [3.8, 4) is 22.3 Å². The topological polar surface area (TPSA) is 12.9 Å². The second-order valence-electron chi connectivity index (χ2n) is 7.75. The Labute approximate surface area is 189 Å². The Hall–Kier alpha value is -3.49. The van der Waals surface area contributed by atoms with E-state index in [1.54, 1.807) is 0 Å². The molecule has 146 valence electrons. The predicted molar refractivity (Wildman–Crippen MR) is 135 cm³/mol. The van der Waals surface area contributed by atoms with Crippen LogP contribution in [-0.4, -0.2) is 4.98 Å². The number of benzene rings is 5. The van der Waals surface area contributed by atoms with Gasteiger partial charge in [0.25, 0.3) is 0 Å². The van der Waals surface area contributed by atoms with Gasteiger partial charge in [0.15, 0.2) is 0 Å². The molecular formula is C29H18BrN. The van der Waals surface area contributed by atoms with Gasteiger partial charge in [0.1, 0.15) is 0 Å². The molecule has 0 aliphatic heterocycles. The lowest BCUT2D eigenvalue weighted by Gasteiger charge is -2.17. The molecular weight excluding hydrogens is 442 g/mol. The SMILES string of the molecule is Brc1ccc(-c2c3ccccc3c(-c3ccccc3)c3nc4ccccc4cc23)cc1. The van der Waals surface area contributed by atoms with Crippen LogP contribution in [0, 0.1) is 0 Å². The molecule has 0 amide bonds. The number of aromatic nitrogens is 1. The Bertz CT molecular complexity index is 1570. The van der Waals surface area contributed by atoms with Crippen molar-refractivity contribution in [3.63, 3.8) is 0 Å². The Morgan fingerprint density at radius 1 is 0.516 bits per heavy atom. The molecule has 0 saturated carbocycles. The van der Waals surface area contributed by atoms with Crippen LogP contribution in [0.2, 0.25) is 0 Å². The summed E-state index contributed by atoms with van der Waals surface area (Å²) in [5, 5.41) is 4.80. The molecule has 6 rings (SSSR count). The van der Waals surface area contributed by atoms with Gasteiger partial charge in [-0.1, -0.05) is 101 Å². The fourth-order valence-corrected chi connectivity index (χ4v) is 4.78. The third-order valence-electron chi connectivity index (χ3n) is 5.89. The van der Waals surface area contributed by atoms with Gasteiger partial charge in [-0.15, -0.1) is 0 Å². The highest BCUT2D eigenvalue weighted by Gasteiger charge is 2.18. The first kappa shape index (κ1) is 18.3. The van der Waals surface area contributed by atoms with Gasteiger partial charge in [0.05, 0.1) is 11.0 Å². The molecule has 2 heteroatoms. The van der Waals surface area contributed by atoms with Crippen molar-refractivity contribution >= 4 is 48.5 Å². The van der Waals surface area contributed by atoms with E-state index >= 15 is 0 Å². The molecule has 0 atom stereocenters. The number of hydrogen-bond donors (Lipinski definition) is 0. The molecule has 1 heterocycles. The zero-order valence-electron chi connectivity index (χ0n) is 16.7. The lowest BCUT2D eigenvalue weighted by atomic mass is 9.87. The summed E-state index contributed by atoms with van der Waals surface area (Å²) in [4.78, 5) is 5.20. The van der Waals surface area contributed by atoms with E-state index in [9.17, 15) is 0 Å². The van der Waals surface area contributed by atoms with Gasteiger partial charge in [-0.3, -0.25) is 0 Å². The lowest BCUT2D eigenvalue weighted by Crippen LogP contribution is -1.93. The van der Waals surface area contributed by atoms with Gasteiger partial charge in [0, 0.05) is 20.8 Å². The highest BCUT2D eigenvalue weighted by atomic mass is 79.9. The Kier molecular flexibility index (Phi) is 4.33. The molecule has 5 aromatic carbocycles. The largest absolute Gasteiger partial charge is 0.247 e. The van der Waals surface area contributed by atoms with E-state index in [4.69, 9.17) is 4.98 Å². The van der Waals surface area contributed by atoms with E-state index in [0.29, 0.717) is 0 Å². The smallest absolute Gasteiger partial charge is 0.0800 e. The fourth-order valence-electron chi connectivity index (χ4n) is 4.51. The maximum absolute atomic E-state index is 5.20. The maximum Gasteiger partial charge on any atom is 0.0800 e. The Morgan fingerprint density at radius 3 is 1.90 bits per heavy atom. The molecule has 6 aromatic rings. The molecule has 0 bridgehead atoms. The average Bonchev–Trinajstić information content (AvgIpc) is 2.82. The summed E-state index contributed by atoms with van der Waals surface area (Å²) in [6.07, 6.45) is 0. The zero-order valence-corrected chi connectivity index (χ0v) is 18.3. The van der Waals surface area contributed by atoms with Crippen molar-refractivity contribution in [2.24, 2.45) is 0 Å². The van der Waals surface area contributed by atoms with E-state index in [-0.39, 0.29) is 0 Å². The van der Waals surface area contributed by atoms with Gasteiger partial charge < -0.3 is 0 Å². The fraction of sp³-hybridized carbons (Fsp3) is 0. The van der Waals surface area contributed by atoms with E-state index in [1.165, 1.54) is 38.4 Å². The van der Waals surface area contributed by atoms with Gasteiger partial charge in [0.2, 0.25) is 0 Å². The molecule has 0 aliphatic rings.